The van der Waals surface area contributed by atoms with Crippen LogP contribution in [-0.2, 0) is 11.0 Å². The Balaban J connectivity index is 1.93. The Kier molecular flexibility index (Phi) is 5.98. The summed E-state index contributed by atoms with van der Waals surface area (Å²) in [5.74, 6) is -1.15. The molecule has 1 aliphatic heterocycles. The van der Waals surface area contributed by atoms with E-state index in [1.807, 2.05) is 0 Å². The number of nitrogens with one attached hydrogen (secondary N) is 1. The lowest BCUT2D eigenvalue weighted by Gasteiger charge is -2.29. The molecule has 0 radical (unpaired) electrons. The third-order valence-electron chi connectivity index (χ3n) is 4.46. The molecule has 3 rings (SSSR count). The minimum absolute atomic E-state index is 0.0148. The number of carbonyl (C=O) groups excluding carboxylic acids is 1. The Morgan fingerprint density at radius 2 is 2.00 bits per heavy atom. The number of carbonyl (C=O) groups is 1. The van der Waals surface area contributed by atoms with Gasteiger partial charge in [-0.05, 0) is 44.3 Å². The second kappa shape index (κ2) is 8.00. The lowest BCUT2D eigenvalue weighted by Crippen LogP contribution is -2.44. The van der Waals surface area contributed by atoms with Gasteiger partial charge in [-0.1, -0.05) is 11.6 Å². The first-order valence-electron chi connectivity index (χ1n) is 8.46. The van der Waals surface area contributed by atoms with Gasteiger partial charge in [0.25, 0.3) is 0 Å². The highest BCUT2D eigenvalue weighted by molar-refractivity contribution is 7.81. The zero-order valence-corrected chi connectivity index (χ0v) is 17.0. The molecule has 2 aromatic rings. The van der Waals surface area contributed by atoms with Crippen molar-refractivity contribution in [3.8, 4) is 0 Å². The van der Waals surface area contributed by atoms with Crippen LogP contribution in [0.3, 0.4) is 0 Å². The van der Waals surface area contributed by atoms with Crippen molar-refractivity contribution in [1.82, 2.24) is 9.88 Å². The summed E-state index contributed by atoms with van der Waals surface area (Å²) in [5, 5.41) is 2.45. The fourth-order valence-electron chi connectivity index (χ4n) is 3.06. The van der Waals surface area contributed by atoms with Crippen molar-refractivity contribution in [2.75, 3.05) is 23.8 Å². The standard InChI is InChI=1S/C18H17ClF4N4OS/c1-9-5-10(18(21,22)23)6-15(24-9)27-14(8-26(2)17(27)29)16(28)25-11-3-4-13(20)12(19)7-11/h3-7,14,17,29H,8H2,1-2H3,(H,25,28). The van der Waals surface area contributed by atoms with E-state index in [0.717, 1.165) is 18.2 Å². The number of rotatable bonds is 3. The van der Waals surface area contributed by atoms with E-state index in [4.69, 9.17) is 11.6 Å². The quantitative estimate of drug-likeness (QED) is 0.546. The first kappa shape index (κ1) is 21.7. The van der Waals surface area contributed by atoms with Gasteiger partial charge in [-0.25, -0.2) is 9.37 Å². The Morgan fingerprint density at radius 3 is 2.62 bits per heavy atom. The number of alkyl halides is 3. The number of benzene rings is 1. The maximum atomic E-state index is 13.3. The maximum absolute atomic E-state index is 13.3. The van der Waals surface area contributed by atoms with E-state index in [1.165, 1.54) is 24.0 Å². The van der Waals surface area contributed by atoms with Crippen LogP contribution in [-0.4, -0.2) is 40.9 Å². The van der Waals surface area contributed by atoms with Gasteiger partial charge in [0.2, 0.25) is 5.91 Å². The summed E-state index contributed by atoms with van der Waals surface area (Å²) in [6.45, 7) is 1.65. The number of halogens is 5. The SMILES string of the molecule is Cc1cc(C(F)(F)F)cc(N2C(C(=O)Nc3ccc(F)c(Cl)c3)CN(C)C2S)n1. The number of aryl methyl sites for hydroxylation is 1. The lowest BCUT2D eigenvalue weighted by molar-refractivity contribution is -0.137. The molecule has 2 heterocycles. The van der Waals surface area contributed by atoms with E-state index in [2.05, 4.69) is 22.9 Å². The minimum atomic E-state index is -4.55. The first-order valence-corrected chi connectivity index (χ1v) is 9.35. The Morgan fingerprint density at radius 1 is 1.31 bits per heavy atom. The molecule has 1 N–H and O–H groups in total. The normalized spacial score (nSPS) is 20.2. The van der Waals surface area contributed by atoms with Crippen molar-refractivity contribution < 1.29 is 22.4 Å². The molecule has 1 amide bonds. The molecule has 2 atom stereocenters. The first-order chi connectivity index (χ1) is 13.5. The van der Waals surface area contributed by atoms with Crippen molar-refractivity contribution in [2.45, 2.75) is 24.6 Å². The van der Waals surface area contributed by atoms with E-state index >= 15 is 0 Å². The van der Waals surface area contributed by atoms with E-state index < -0.39 is 35.0 Å². The lowest BCUT2D eigenvalue weighted by atomic mass is 10.2. The second-order valence-electron chi connectivity index (χ2n) is 6.68. The van der Waals surface area contributed by atoms with Crippen LogP contribution in [0.25, 0.3) is 0 Å². The zero-order valence-electron chi connectivity index (χ0n) is 15.3. The number of thiol groups is 1. The van der Waals surface area contributed by atoms with E-state index in [1.54, 1.807) is 11.9 Å². The fourth-order valence-corrected chi connectivity index (χ4v) is 3.62. The second-order valence-corrected chi connectivity index (χ2v) is 7.55. The number of hydrogen-bond acceptors (Lipinski definition) is 5. The number of nitrogens with zero attached hydrogens (tertiary/aromatic N) is 3. The average molecular weight is 449 g/mol. The molecule has 1 fully saturated rings. The summed E-state index contributed by atoms with van der Waals surface area (Å²) >= 11 is 10.2. The molecule has 29 heavy (non-hydrogen) atoms. The molecule has 11 heteroatoms. The Hall–Kier alpha value is -2.04. The van der Waals surface area contributed by atoms with Crippen molar-refractivity contribution in [2.24, 2.45) is 0 Å². The zero-order chi connectivity index (χ0) is 21.5. The summed E-state index contributed by atoms with van der Waals surface area (Å²) in [7, 11) is 1.69. The van der Waals surface area contributed by atoms with Crippen molar-refractivity contribution in [3.05, 3.63) is 52.4 Å². The van der Waals surface area contributed by atoms with Crippen molar-refractivity contribution >= 4 is 41.6 Å². The smallest absolute Gasteiger partial charge is 0.324 e. The molecule has 1 aliphatic rings. The summed E-state index contributed by atoms with van der Waals surface area (Å²) < 4.78 is 53.0. The monoisotopic (exact) mass is 448 g/mol. The number of hydrogen-bond donors (Lipinski definition) is 2. The minimum Gasteiger partial charge on any atom is -0.324 e. The van der Waals surface area contributed by atoms with E-state index in [0.29, 0.717) is 0 Å². The highest BCUT2D eigenvalue weighted by atomic mass is 35.5. The molecule has 0 bridgehead atoms. The largest absolute Gasteiger partial charge is 0.416 e. The Bertz CT molecular complexity index is 943. The van der Waals surface area contributed by atoms with Crippen LogP contribution >= 0.6 is 24.2 Å². The average Bonchev–Trinajstić information content (AvgIpc) is 2.92. The number of aromatic nitrogens is 1. The summed E-state index contributed by atoms with van der Waals surface area (Å²) in [6, 6.07) is 4.66. The maximum Gasteiger partial charge on any atom is 0.416 e. The van der Waals surface area contributed by atoms with Crippen LogP contribution in [0.4, 0.5) is 29.1 Å². The van der Waals surface area contributed by atoms with Gasteiger partial charge >= 0.3 is 6.18 Å². The molecular formula is C18H17ClF4N4OS. The fraction of sp³-hybridized carbons (Fsp3) is 0.333. The Labute approximate surface area is 175 Å². The number of likely N-dealkylation sites (N-methyl/N-ethyl adjacent to an activating group) is 1. The van der Waals surface area contributed by atoms with Gasteiger partial charge in [-0.3, -0.25) is 9.69 Å². The van der Waals surface area contributed by atoms with Gasteiger partial charge in [0.15, 0.2) is 0 Å². The van der Waals surface area contributed by atoms with E-state index in [-0.39, 0.29) is 28.8 Å². The third-order valence-corrected chi connectivity index (χ3v) is 5.39. The van der Waals surface area contributed by atoms with Gasteiger partial charge < -0.3 is 10.2 Å². The predicted octanol–water partition coefficient (Wildman–Crippen LogP) is 4.17. The van der Waals surface area contributed by atoms with Crippen LogP contribution < -0.4 is 10.2 Å². The molecule has 0 aliphatic carbocycles. The molecule has 0 spiro atoms. The molecule has 156 valence electrons. The van der Waals surface area contributed by atoms with Gasteiger partial charge in [-0.2, -0.15) is 13.2 Å². The molecule has 1 aromatic heterocycles. The summed E-state index contributed by atoms with van der Waals surface area (Å²) in [6.07, 6.45) is -4.55. The van der Waals surface area contributed by atoms with Crippen molar-refractivity contribution in [3.63, 3.8) is 0 Å². The van der Waals surface area contributed by atoms with Gasteiger partial charge in [0.1, 0.15) is 23.2 Å². The van der Waals surface area contributed by atoms with Crippen molar-refractivity contribution in [1.29, 1.82) is 0 Å². The van der Waals surface area contributed by atoms with Crippen LogP contribution in [0.5, 0.6) is 0 Å². The number of anilines is 2. The molecular weight excluding hydrogens is 432 g/mol. The number of amides is 1. The van der Waals surface area contributed by atoms with Gasteiger partial charge in [0.05, 0.1) is 10.6 Å². The molecule has 1 saturated heterocycles. The summed E-state index contributed by atoms with van der Waals surface area (Å²) in [4.78, 5) is 20.1. The molecule has 0 saturated carbocycles. The highest BCUT2D eigenvalue weighted by Gasteiger charge is 2.42. The van der Waals surface area contributed by atoms with Gasteiger partial charge in [-0.15, -0.1) is 12.6 Å². The van der Waals surface area contributed by atoms with Gasteiger partial charge in [0, 0.05) is 17.9 Å². The topological polar surface area (TPSA) is 48.5 Å². The molecule has 5 nitrogen and oxygen atoms in total. The summed E-state index contributed by atoms with van der Waals surface area (Å²) in [5.41, 5.74) is -1.10. The highest BCUT2D eigenvalue weighted by Crippen LogP contribution is 2.35. The van der Waals surface area contributed by atoms with Crippen LogP contribution in [0.15, 0.2) is 30.3 Å². The molecule has 1 aromatic carbocycles. The molecule has 2 unspecified atom stereocenters. The van der Waals surface area contributed by atoms with Crippen LogP contribution in [0.1, 0.15) is 11.3 Å². The third kappa shape index (κ3) is 4.59. The van der Waals surface area contributed by atoms with Crippen LogP contribution in [0, 0.1) is 12.7 Å². The predicted molar refractivity (Wildman–Crippen MR) is 106 cm³/mol. The van der Waals surface area contributed by atoms with Crippen LogP contribution in [0.2, 0.25) is 5.02 Å². The number of pyridine rings is 1. The van der Waals surface area contributed by atoms with E-state index in [9.17, 15) is 22.4 Å².